The summed E-state index contributed by atoms with van der Waals surface area (Å²) in [5, 5.41) is 38.3. The SMILES string of the molecule is Cc1nc(N[C@H]2C[C@H](c3ccccc3)C2)nc(N[C@@H]2C[C@H](CO)[C@@H](O)[C@H]2O)c1-c1nc2ccccc2s1. The normalized spacial score (nSPS) is 27.2. The molecule has 9 heteroatoms. The maximum absolute atomic E-state index is 10.7. The molecule has 2 aromatic carbocycles. The van der Waals surface area contributed by atoms with E-state index in [1.807, 2.05) is 37.3 Å². The molecule has 192 valence electrons. The van der Waals surface area contributed by atoms with Gasteiger partial charge >= 0.3 is 0 Å². The minimum atomic E-state index is -1.01. The third-order valence-corrected chi connectivity index (χ3v) is 8.75. The predicted octanol–water partition coefficient (Wildman–Crippen LogP) is 3.93. The molecule has 2 aliphatic carbocycles. The first-order valence-electron chi connectivity index (χ1n) is 12.8. The van der Waals surface area contributed by atoms with Crippen molar-refractivity contribution in [3.63, 3.8) is 0 Å². The van der Waals surface area contributed by atoms with Gasteiger partial charge in [-0.15, -0.1) is 11.3 Å². The van der Waals surface area contributed by atoms with Gasteiger partial charge in [0.15, 0.2) is 0 Å². The molecule has 6 rings (SSSR count). The van der Waals surface area contributed by atoms with Crippen LogP contribution in [-0.2, 0) is 0 Å². The highest BCUT2D eigenvalue weighted by Gasteiger charge is 2.41. The number of benzene rings is 2. The Labute approximate surface area is 219 Å². The molecule has 0 spiro atoms. The summed E-state index contributed by atoms with van der Waals surface area (Å²) in [7, 11) is 0. The highest BCUT2D eigenvalue weighted by Crippen LogP contribution is 2.40. The van der Waals surface area contributed by atoms with Crippen LogP contribution in [0.1, 0.15) is 36.4 Å². The molecule has 0 radical (unpaired) electrons. The number of hydrogen-bond donors (Lipinski definition) is 5. The van der Waals surface area contributed by atoms with Crippen molar-refractivity contribution in [2.45, 2.75) is 56.4 Å². The van der Waals surface area contributed by atoms with Crippen LogP contribution >= 0.6 is 11.3 Å². The fraction of sp³-hybridized carbons (Fsp3) is 0.393. The third kappa shape index (κ3) is 4.68. The number of rotatable bonds is 7. The van der Waals surface area contributed by atoms with Crippen LogP contribution in [0.5, 0.6) is 0 Å². The zero-order valence-electron chi connectivity index (χ0n) is 20.6. The van der Waals surface area contributed by atoms with Gasteiger partial charge in [0.2, 0.25) is 5.95 Å². The van der Waals surface area contributed by atoms with Crippen molar-refractivity contribution in [1.29, 1.82) is 0 Å². The highest BCUT2D eigenvalue weighted by atomic mass is 32.1. The van der Waals surface area contributed by atoms with Crippen molar-refractivity contribution >= 4 is 33.3 Å². The number of aliphatic hydroxyl groups excluding tert-OH is 3. The number of para-hydroxylation sites is 1. The summed E-state index contributed by atoms with van der Waals surface area (Å²) >= 11 is 1.57. The van der Waals surface area contributed by atoms with E-state index in [0.717, 1.165) is 39.3 Å². The molecular formula is C28H31N5O3S. The lowest BCUT2D eigenvalue weighted by Crippen LogP contribution is -2.36. The van der Waals surface area contributed by atoms with Crippen molar-refractivity contribution in [3.8, 4) is 10.6 Å². The van der Waals surface area contributed by atoms with Crippen LogP contribution in [-0.4, -0.2) is 61.2 Å². The molecule has 8 nitrogen and oxygen atoms in total. The highest BCUT2D eigenvalue weighted by molar-refractivity contribution is 7.21. The van der Waals surface area contributed by atoms with E-state index < -0.39 is 18.2 Å². The van der Waals surface area contributed by atoms with Crippen LogP contribution in [0.4, 0.5) is 11.8 Å². The minimum absolute atomic E-state index is 0.180. The van der Waals surface area contributed by atoms with E-state index in [0.29, 0.717) is 24.1 Å². The summed E-state index contributed by atoms with van der Waals surface area (Å²) in [5.74, 6) is 1.25. The first-order chi connectivity index (χ1) is 18.0. The third-order valence-electron chi connectivity index (χ3n) is 7.70. The first-order valence-corrected chi connectivity index (χ1v) is 13.6. The van der Waals surface area contributed by atoms with Gasteiger partial charge < -0.3 is 26.0 Å². The van der Waals surface area contributed by atoms with Crippen LogP contribution in [0.2, 0.25) is 0 Å². The van der Waals surface area contributed by atoms with Gasteiger partial charge in [0, 0.05) is 18.6 Å². The van der Waals surface area contributed by atoms with E-state index in [4.69, 9.17) is 15.0 Å². The summed E-state index contributed by atoms with van der Waals surface area (Å²) in [6, 6.07) is 18.4. The van der Waals surface area contributed by atoms with E-state index in [9.17, 15) is 15.3 Å². The monoisotopic (exact) mass is 517 g/mol. The molecule has 2 fully saturated rings. The van der Waals surface area contributed by atoms with Crippen LogP contribution < -0.4 is 10.6 Å². The smallest absolute Gasteiger partial charge is 0.225 e. The van der Waals surface area contributed by atoms with E-state index in [2.05, 4.69) is 34.9 Å². The zero-order valence-corrected chi connectivity index (χ0v) is 21.4. The van der Waals surface area contributed by atoms with E-state index in [1.54, 1.807) is 11.3 Å². The second-order valence-electron chi connectivity index (χ2n) is 10.2. The molecule has 4 atom stereocenters. The van der Waals surface area contributed by atoms with Crippen molar-refractivity contribution in [2.24, 2.45) is 5.92 Å². The van der Waals surface area contributed by atoms with Crippen molar-refractivity contribution < 1.29 is 15.3 Å². The summed E-state index contributed by atoms with van der Waals surface area (Å²) < 4.78 is 1.07. The van der Waals surface area contributed by atoms with Crippen LogP contribution in [0.3, 0.4) is 0 Å². The molecule has 2 saturated carbocycles. The number of fused-ring (bicyclic) bond motifs is 1. The van der Waals surface area contributed by atoms with E-state index in [1.165, 1.54) is 5.56 Å². The Balaban J connectivity index is 1.30. The minimum Gasteiger partial charge on any atom is -0.396 e. The van der Waals surface area contributed by atoms with Gasteiger partial charge in [-0.1, -0.05) is 42.5 Å². The molecule has 2 heterocycles. The summed E-state index contributed by atoms with van der Waals surface area (Å²) in [6.07, 6.45) is 0.468. The van der Waals surface area contributed by atoms with Gasteiger partial charge in [-0.2, -0.15) is 4.98 Å². The Morgan fingerprint density at radius 1 is 0.892 bits per heavy atom. The fourth-order valence-electron chi connectivity index (χ4n) is 5.52. The number of nitrogens with zero attached hydrogens (tertiary/aromatic N) is 3. The van der Waals surface area contributed by atoms with Crippen molar-refractivity contribution in [2.75, 3.05) is 17.2 Å². The summed E-state index contributed by atoms with van der Waals surface area (Å²) in [6.45, 7) is 1.77. The number of thiazole rings is 1. The molecule has 37 heavy (non-hydrogen) atoms. The Morgan fingerprint density at radius 2 is 1.65 bits per heavy atom. The number of nitrogens with one attached hydrogen (secondary N) is 2. The number of aromatic nitrogens is 3. The van der Waals surface area contributed by atoms with Crippen molar-refractivity contribution in [1.82, 2.24) is 15.0 Å². The van der Waals surface area contributed by atoms with Gasteiger partial charge in [0.25, 0.3) is 0 Å². The van der Waals surface area contributed by atoms with Crippen LogP contribution in [0.15, 0.2) is 54.6 Å². The molecule has 0 saturated heterocycles. The van der Waals surface area contributed by atoms with Gasteiger partial charge in [-0.25, -0.2) is 9.97 Å². The average Bonchev–Trinajstić information content (AvgIpc) is 3.42. The van der Waals surface area contributed by atoms with Crippen LogP contribution in [0.25, 0.3) is 20.8 Å². The number of aryl methyl sites for hydroxylation is 1. The lowest BCUT2D eigenvalue weighted by Gasteiger charge is -2.36. The number of anilines is 2. The maximum Gasteiger partial charge on any atom is 0.225 e. The molecule has 2 aliphatic rings. The molecular weight excluding hydrogens is 486 g/mol. The maximum atomic E-state index is 10.7. The first kappa shape index (κ1) is 24.2. The Bertz CT molecular complexity index is 1360. The number of hydrogen-bond acceptors (Lipinski definition) is 9. The Morgan fingerprint density at radius 3 is 2.38 bits per heavy atom. The summed E-state index contributed by atoms with van der Waals surface area (Å²) in [5.41, 5.74) is 3.84. The van der Waals surface area contributed by atoms with Gasteiger partial charge in [0.1, 0.15) is 16.9 Å². The van der Waals surface area contributed by atoms with Gasteiger partial charge in [-0.05, 0) is 49.8 Å². The molecule has 0 amide bonds. The van der Waals surface area contributed by atoms with E-state index in [-0.39, 0.29) is 18.6 Å². The fourth-order valence-corrected chi connectivity index (χ4v) is 6.58. The van der Waals surface area contributed by atoms with E-state index >= 15 is 0 Å². The molecule has 0 bridgehead atoms. The van der Waals surface area contributed by atoms with Gasteiger partial charge in [-0.3, -0.25) is 0 Å². The second kappa shape index (κ2) is 9.98. The zero-order chi connectivity index (χ0) is 25.5. The molecule has 5 N–H and O–H groups in total. The second-order valence-corrected chi connectivity index (χ2v) is 11.2. The largest absolute Gasteiger partial charge is 0.396 e. The lowest BCUT2D eigenvalue weighted by atomic mass is 9.76. The molecule has 0 unspecified atom stereocenters. The van der Waals surface area contributed by atoms with Crippen molar-refractivity contribution in [3.05, 3.63) is 65.9 Å². The average molecular weight is 518 g/mol. The van der Waals surface area contributed by atoms with Crippen LogP contribution in [0, 0.1) is 12.8 Å². The topological polar surface area (TPSA) is 123 Å². The Kier molecular flexibility index (Phi) is 6.54. The Hall–Kier alpha value is -3.11. The quantitative estimate of drug-likeness (QED) is 0.250. The number of aliphatic hydroxyl groups is 3. The molecule has 4 aromatic rings. The molecule has 0 aliphatic heterocycles. The van der Waals surface area contributed by atoms with Gasteiger partial charge in [0.05, 0.1) is 33.6 Å². The summed E-state index contributed by atoms with van der Waals surface area (Å²) in [4.78, 5) is 14.5. The predicted molar refractivity (Wildman–Crippen MR) is 146 cm³/mol. The standard InChI is InChI=1S/C28H31N5O3S/c1-15-23(27-32-20-9-5-6-10-22(20)37-27)26(31-21-13-18(14-34)24(35)25(21)36)33-28(29-15)30-19-11-17(12-19)16-7-3-2-4-8-16/h2-10,17-19,21,24-25,34-36H,11-14H2,1H3,(H2,29,30,31,33)/t17-,18-,19-,21-,24-,25+/m1/s1. The lowest BCUT2D eigenvalue weighted by molar-refractivity contribution is 0.00446. The molecule has 2 aromatic heterocycles.